The number of likely N-dealkylation sites (N-methyl/N-ethyl adjacent to an activating group) is 1. The summed E-state index contributed by atoms with van der Waals surface area (Å²) >= 11 is 6.54. The highest BCUT2D eigenvalue weighted by Gasteiger charge is 2.26. The molecular formula is C23H29ClN8O2. The van der Waals surface area contributed by atoms with Gasteiger partial charge < -0.3 is 20.3 Å². The number of carbonyl (C=O) groups is 1. The topological polar surface area (TPSA) is 113 Å². The largest absolute Gasteiger partial charge is 0.375 e. The summed E-state index contributed by atoms with van der Waals surface area (Å²) in [4.78, 5) is 18.8. The molecule has 0 saturated heterocycles. The smallest absolute Gasteiger partial charge is 0.239 e. The Morgan fingerprint density at radius 2 is 2.18 bits per heavy atom. The lowest BCUT2D eigenvalue weighted by molar-refractivity contribution is -0.122. The van der Waals surface area contributed by atoms with Crippen molar-refractivity contribution in [3.63, 3.8) is 0 Å². The van der Waals surface area contributed by atoms with E-state index in [0.29, 0.717) is 28.9 Å². The Bertz CT molecular complexity index is 1260. The molecule has 1 aromatic carbocycles. The van der Waals surface area contributed by atoms with E-state index in [9.17, 15) is 4.79 Å². The van der Waals surface area contributed by atoms with Gasteiger partial charge in [0.1, 0.15) is 6.10 Å². The standard InChI is InChI=1S/C23H29ClN8O2/c1-13(2)26-20(33)12-31(3)18-9-6-14(10-19(18)34-5)22-28-23(32(4)30-22)27-17-8-7-16-15(21(17)24)11-25-29-16/h6-9,11,13,19H,10,12H2,1-5H3,(H,25,29)(H,26,33)(H,27,28,30). The van der Waals surface area contributed by atoms with Gasteiger partial charge in [-0.15, -0.1) is 5.10 Å². The molecule has 3 aromatic rings. The van der Waals surface area contributed by atoms with Crippen molar-refractivity contribution in [1.82, 2.24) is 35.2 Å². The van der Waals surface area contributed by atoms with Crippen LogP contribution < -0.4 is 10.6 Å². The van der Waals surface area contributed by atoms with E-state index in [-0.39, 0.29) is 24.6 Å². The summed E-state index contributed by atoms with van der Waals surface area (Å²) in [6.45, 7) is 4.14. The molecule has 1 unspecified atom stereocenters. The molecule has 4 rings (SSSR count). The van der Waals surface area contributed by atoms with E-state index in [2.05, 4.69) is 30.9 Å². The summed E-state index contributed by atoms with van der Waals surface area (Å²) < 4.78 is 7.41. The van der Waals surface area contributed by atoms with Crippen LogP contribution in [0.3, 0.4) is 0 Å². The Morgan fingerprint density at radius 1 is 1.38 bits per heavy atom. The third-order valence-electron chi connectivity index (χ3n) is 5.60. The number of aryl methyl sites for hydroxylation is 1. The van der Waals surface area contributed by atoms with Gasteiger partial charge in [0.05, 0.1) is 29.0 Å². The van der Waals surface area contributed by atoms with Crippen LogP contribution in [0.15, 0.2) is 36.2 Å². The number of carbonyl (C=O) groups excluding carboxylic acids is 1. The van der Waals surface area contributed by atoms with Crippen molar-refractivity contribution in [1.29, 1.82) is 0 Å². The quantitative estimate of drug-likeness (QED) is 0.450. The number of rotatable bonds is 8. The normalized spacial score (nSPS) is 15.9. The van der Waals surface area contributed by atoms with Crippen LogP contribution in [0.5, 0.6) is 0 Å². The Balaban J connectivity index is 1.53. The number of anilines is 2. The lowest BCUT2D eigenvalue weighted by Crippen LogP contribution is -2.40. The van der Waals surface area contributed by atoms with Crippen LogP contribution in [0.2, 0.25) is 5.02 Å². The second-order valence-corrected chi connectivity index (χ2v) is 8.93. The molecule has 3 N–H and O–H groups in total. The molecule has 1 amide bonds. The predicted molar refractivity (Wildman–Crippen MR) is 133 cm³/mol. The third-order valence-corrected chi connectivity index (χ3v) is 6.01. The molecule has 11 heteroatoms. The van der Waals surface area contributed by atoms with Gasteiger partial charge in [-0.1, -0.05) is 17.7 Å². The number of nitrogens with zero attached hydrogens (tertiary/aromatic N) is 5. The molecule has 0 aliphatic heterocycles. The summed E-state index contributed by atoms with van der Waals surface area (Å²) in [6.07, 6.45) is 6.00. The van der Waals surface area contributed by atoms with Gasteiger partial charge in [-0.25, -0.2) is 4.68 Å². The van der Waals surface area contributed by atoms with Crippen molar-refractivity contribution in [3.8, 4) is 0 Å². The van der Waals surface area contributed by atoms with Crippen LogP contribution in [0.4, 0.5) is 11.6 Å². The van der Waals surface area contributed by atoms with Gasteiger partial charge in [-0.2, -0.15) is 10.1 Å². The number of methoxy groups -OCH3 is 1. The highest BCUT2D eigenvalue weighted by atomic mass is 35.5. The number of fused-ring (bicyclic) bond motifs is 1. The van der Waals surface area contributed by atoms with E-state index in [1.807, 2.05) is 57.1 Å². The number of aromatic amines is 1. The van der Waals surface area contributed by atoms with Crippen LogP contribution in [0.1, 0.15) is 26.1 Å². The monoisotopic (exact) mass is 484 g/mol. The fourth-order valence-corrected chi connectivity index (χ4v) is 4.17. The molecule has 0 spiro atoms. The summed E-state index contributed by atoms with van der Waals surface area (Å²) in [5.74, 6) is 1.13. The molecule has 10 nitrogen and oxygen atoms in total. The minimum atomic E-state index is -0.213. The fourth-order valence-electron chi connectivity index (χ4n) is 3.91. The van der Waals surface area contributed by atoms with Crippen molar-refractivity contribution in [2.75, 3.05) is 26.0 Å². The maximum atomic E-state index is 12.2. The second-order valence-electron chi connectivity index (χ2n) is 8.56. The summed E-state index contributed by atoms with van der Waals surface area (Å²) in [7, 11) is 5.37. The zero-order valence-corrected chi connectivity index (χ0v) is 20.6. The summed E-state index contributed by atoms with van der Waals surface area (Å²) in [6, 6.07) is 3.88. The molecule has 1 atom stereocenters. The first-order chi connectivity index (χ1) is 16.3. The average Bonchev–Trinajstić information content (AvgIpc) is 3.41. The summed E-state index contributed by atoms with van der Waals surface area (Å²) in [5.41, 5.74) is 3.45. The van der Waals surface area contributed by atoms with Gasteiger partial charge in [0.15, 0.2) is 5.82 Å². The van der Waals surface area contributed by atoms with Gasteiger partial charge in [-0.05, 0) is 32.1 Å². The number of hydrogen-bond donors (Lipinski definition) is 3. The second kappa shape index (κ2) is 9.86. The number of benzene rings is 1. The van der Waals surface area contributed by atoms with Crippen LogP contribution in [-0.4, -0.2) is 68.6 Å². The third kappa shape index (κ3) is 4.92. The van der Waals surface area contributed by atoms with Crippen LogP contribution in [-0.2, 0) is 16.6 Å². The highest BCUT2D eigenvalue weighted by Crippen LogP contribution is 2.33. The summed E-state index contributed by atoms with van der Waals surface area (Å²) in [5, 5.41) is 19.1. The molecule has 1 aliphatic carbocycles. The Labute approximate surface area is 203 Å². The molecule has 2 heterocycles. The van der Waals surface area contributed by atoms with E-state index in [1.165, 1.54) is 0 Å². The Morgan fingerprint density at radius 3 is 2.91 bits per heavy atom. The van der Waals surface area contributed by atoms with E-state index < -0.39 is 0 Å². The highest BCUT2D eigenvalue weighted by molar-refractivity contribution is 6.38. The molecule has 0 radical (unpaired) electrons. The van der Waals surface area contributed by atoms with Crippen LogP contribution in [0, 0.1) is 0 Å². The number of H-pyrrole nitrogens is 1. The molecular weight excluding hydrogens is 456 g/mol. The number of amides is 1. The number of ether oxygens (including phenoxy) is 1. The first-order valence-electron chi connectivity index (χ1n) is 11.0. The van der Waals surface area contributed by atoms with Gasteiger partial charge in [-0.3, -0.25) is 9.89 Å². The van der Waals surface area contributed by atoms with Crippen LogP contribution in [0.25, 0.3) is 16.5 Å². The van der Waals surface area contributed by atoms with Crippen molar-refractivity contribution >= 4 is 45.6 Å². The molecule has 0 fully saturated rings. The van der Waals surface area contributed by atoms with Crippen molar-refractivity contribution in [2.24, 2.45) is 7.05 Å². The van der Waals surface area contributed by atoms with E-state index in [0.717, 1.165) is 22.2 Å². The zero-order valence-electron chi connectivity index (χ0n) is 19.9. The predicted octanol–water partition coefficient (Wildman–Crippen LogP) is 3.23. The Kier molecular flexibility index (Phi) is 6.90. The van der Waals surface area contributed by atoms with Crippen molar-refractivity contribution in [2.45, 2.75) is 32.4 Å². The van der Waals surface area contributed by atoms with E-state index in [1.54, 1.807) is 18.0 Å². The van der Waals surface area contributed by atoms with Crippen molar-refractivity contribution < 1.29 is 9.53 Å². The van der Waals surface area contributed by atoms with Crippen LogP contribution >= 0.6 is 11.6 Å². The number of allylic oxidation sites excluding steroid dienone is 2. The van der Waals surface area contributed by atoms with Gasteiger partial charge in [0.25, 0.3) is 0 Å². The fraction of sp³-hybridized carbons (Fsp3) is 0.391. The molecule has 180 valence electrons. The average molecular weight is 485 g/mol. The molecule has 2 aromatic heterocycles. The molecule has 34 heavy (non-hydrogen) atoms. The zero-order chi connectivity index (χ0) is 24.4. The SMILES string of the molecule is COC1CC(c2nc(Nc3ccc4[nH]ncc4c3Cl)n(C)n2)=CC=C1N(C)CC(=O)NC(C)C. The lowest BCUT2D eigenvalue weighted by Gasteiger charge is -2.30. The lowest BCUT2D eigenvalue weighted by atomic mass is 9.98. The Hall–Kier alpha value is -3.37. The van der Waals surface area contributed by atoms with E-state index >= 15 is 0 Å². The molecule has 1 aliphatic rings. The minimum absolute atomic E-state index is 0.0302. The maximum Gasteiger partial charge on any atom is 0.239 e. The minimum Gasteiger partial charge on any atom is -0.375 e. The van der Waals surface area contributed by atoms with Crippen molar-refractivity contribution in [3.05, 3.63) is 47.0 Å². The van der Waals surface area contributed by atoms with Gasteiger partial charge in [0.2, 0.25) is 11.9 Å². The number of halogens is 1. The number of aromatic nitrogens is 5. The van der Waals surface area contributed by atoms with Gasteiger partial charge in [0, 0.05) is 50.3 Å². The first kappa shape index (κ1) is 23.8. The number of hydrogen-bond acceptors (Lipinski definition) is 7. The van der Waals surface area contributed by atoms with E-state index in [4.69, 9.17) is 16.3 Å². The first-order valence-corrected chi connectivity index (χ1v) is 11.4. The molecule has 0 bridgehead atoms. The molecule has 0 saturated carbocycles. The number of nitrogens with one attached hydrogen (secondary N) is 3. The maximum absolute atomic E-state index is 12.2. The van der Waals surface area contributed by atoms with Gasteiger partial charge >= 0.3 is 0 Å².